The third kappa shape index (κ3) is 3.60. The SMILES string of the molecule is COC1Cc2ccccc2N(C(=O)Nc2ncc(C3CCOCC3)s2)C1. The number of carbonyl (C=O) groups excluding carboxylic acids is 1. The molecule has 0 bridgehead atoms. The zero-order chi connectivity index (χ0) is 17.9. The van der Waals surface area contributed by atoms with Crippen LogP contribution in [0.5, 0.6) is 0 Å². The van der Waals surface area contributed by atoms with Crippen molar-refractivity contribution in [3.05, 3.63) is 40.9 Å². The molecule has 2 aliphatic heterocycles. The summed E-state index contributed by atoms with van der Waals surface area (Å²) >= 11 is 1.56. The van der Waals surface area contributed by atoms with E-state index in [0.29, 0.717) is 17.6 Å². The molecule has 1 aromatic heterocycles. The maximum absolute atomic E-state index is 12.9. The number of carbonyl (C=O) groups is 1. The van der Waals surface area contributed by atoms with E-state index in [-0.39, 0.29) is 12.1 Å². The normalized spacial score (nSPS) is 20.7. The monoisotopic (exact) mass is 373 g/mol. The van der Waals surface area contributed by atoms with Crippen molar-refractivity contribution in [2.75, 3.05) is 37.1 Å². The van der Waals surface area contributed by atoms with Gasteiger partial charge in [-0.25, -0.2) is 9.78 Å². The number of urea groups is 1. The number of aromatic nitrogens is 1. The first-order valence-electron chi connectivity index (χ1n) is 8.97. The lowest BCUT2D eigenvalue weighted by Gasteiger charge is -2.33. The minimum absolute atomic E-state index is 0.00439. The number of fused-ring (bicyclic) bond motifs is 1. The zero-order valence-corrected chi connectivity index (χ0v) is 15.6. The Kier molecular flexibility index (Phi) is 5.19. The number of methoxy groups -OCH3 is 1. The van der Waals surface area contributed by atoms with Crippen LogP contribution in [0.25, 0.3) is 0 Å². The van der Waals surface area contributed by atoms with Gasteiger partial charge in [-0.3, -0.25) is 10.2 Å². The van der Waals surface area contributed by atoms with Crippen LogP contribution in [-0.4, -0.2) is 44.0 Å². The molecule has 1 fully saturated rings. The predicted octanol–water partition coefficient (Wildman–Crippen LogP) is 3.65. The van der Waals surface area contributed by atoms with Crippen LogP contribution in [0.1, 0.15) is 29.2 Å². The highest BCUT2D eigenvalue weighted by Crippen LogP contribution is 2.33. The highest BCUT2D eigenvalue weighted by atomic mass is 32.1. The number of rotatable bonds is 3. The number of thiazole rings is 1. The Labute approximate surface area is 157 Å². The average molecular weight is 373 g/mol. The summed E-state index contributed by atoms with van der Waals surface area (Å²) in [6, 6.07) is 7.82. The second-order valence-electron chi connectivity index (χ2n) is 6.69. The Morgan fingerprint density at radius 2 is 2.15 bits per heavy atom. The van der Waals surface area contributed by atoms with E-state index in [1.807, 2.05) is 30.5 Å². The Hall–Kier alpha value is -1.96. The summed E-state index contributed by atoms with van der Waals surface area (Å²) in [5.74, 6) is 0.487. The minimum atomic E-state index is -0.160. The van der Waals surface area contributed by atoms with Crippen LogP contribution in [0, 0.1) is 0 Å². The molecule has 2 aliphatic rings. The van der Waals surface area contributed by atoms with E-state index in [2.05, 4.69) is 10.3 Å². The van der Waals surface area contributed by atoms with E-state index in [1.54, 1.807) is 23.3 Å². The second kappa shape index (κ2) is 7.73. The van der Waals surface area contributed by atoms with Crippen LogP contribution >= 0.6 is 11.3 Å². The molecular weight excluding hydrogens is 350 g/mol. The maximum atomic E-state index is 12.9. The summed E-state index contributed by atoms with van der Waals surface area (Å²) in [5.41, 5.74) is 2.07. The lowest BCUT2D eigenvalue weighted by molar-refractivity contribution is 0.0860. The zero-order valence-electron chi connectivity index (χ0n) is 14.8. The first-order chi connectivity index (χ1) is 12.7. The van der Waals surface area contributed by atoms with Crippen molar-refractivity contribution in [2.45, 2.75) is 31.3 Å². The molecule has 1 saturated heterocycles. The van der Waals surface area contributed by atoms with Crippen molar-refractivity contribution in [3.63, 3.8) is 0 Å². The number of nitrogens with one attached hydrogen (secondary N) is 1. The maximum Gasteiger partial charge on any atom is 0.328 e. The number of hydrogen-bond acceptors (Lipinski definition) is 5. The Morgan fingerprint density at radius 1 is 1.35 bits per heavy atom. The second-order valence-corrected chi connectivity index (χ2v) is 7.75. The summed E-state index contributed by atoms with van der Waals surface area (Å²) in [5, 5.41) is 3.61. The summed E-state index contributed by atoms with van der Waals surface area (Å²) in [6.07, 6.45) is 4.75. The van der Waals surface area contributed by atoms with E-state index in [4.69, 9.17) is 9.47 Å². The van der Waals surface area contributed by atoms with Crippen molar-refractivity contribution >= 4 is 28.2 Å². The van der Waals surface area contributed by atoms with Crippen LogP contribution in [-0.2, 0) is 15.9 Å². The van der Waals surface area contributed by atoms with E-state index in [1.165, 1.54) is 4.88 Å². The summed E-state index contributed by atoms with van der Waals surface area (Å²) in [7, 11) is 1.69. The van der Waals surface area contributed by atoms with Crippen LogP contribution in [0.3, 0.4) is 0 Å². The fraction of sp³-hybridized carbons (Fsp3) is 0.474. The molecule has 6 nitrogen and oxygen atoms in total. The van der Waals surface area contributed by atoms with E-state index >= 15 is 0 Å². The molecule has 0 radical (unpaired) electrons. The third-order valence-electron chi connectivity index (χ3n) is 5.06. The highest BCUT2D eigenvalue weighted by Gasteiger charge is 2.29. The summed E-state index contributed by atoms with van der Waals surface area (Å²) in [6.45, 7) is 2.14. The molecule has 138 valence electrons. The fourth-order valence-corrected chi connectivity index (χ4v) is 4.56. The van der Waals surface area contributed by atoms with E-state index in [9.17, 15) is 4.79 Å². The smallest absolute Gasteiger partial charge is 0.328 e. The molecule has 2 aromatic rings. The van der Waals surface area contributed by atoms with Gasteiger partial charge in [0.25, 0.3) is 0 Å². The van der Waals surface area contributed by atoms with Gasteiger partial charge in [0.1, 0.15) is 0 Å². The molecular formula is C19H23N3O3S. The Bertz CT molecular complexity index is 773. The van der Waals surface area contributed by atoms with Gasteiger partial charge in [0.2, 0.25) is 0 Å². The van der Waals surface area contributed by atoms with Gasteiger partial charge < -0.3 is 9.47 Å². The molecule has 1 unspecified atom stereocenters. The van der Waals surface area contributed by atoms with Gasteiger partial charge in [0.15, 0.2) is 5.13 Å². The largest absolute Gasteiger partial charge is 0.381 e. The predicted molar refractivity (Wildman–Crippen MR) is 102 cm³/mol. The van der Waals surface area contributed by atoms with E-state index in [0.717, 1.165) is 43.7 Å². The van der Waals surface area contributed by atoms with E-state index < -0.39 is 0 Å². The van der Waals surface area contributed by atoms with Gasteiger partial charge in [-0.1, -0.05) is 18.2 Å². The van der Waals surface area contributed by atoms with Gasteiger partial charge in [-0.2, -0.15) is 0 Å². The number of para-hydroxylation sites is 1. The highest BCUT2D eigenvalue weighted by molar-refractivity contribution is 7.15. The van der Waals surface area contributed by atoms with Gasteiger partial charge in [0.05, 0.1) is 12.6 Å². The van der Waals surface area contributed by atoms with Gasteiger partial charge >= 0.3 is 6.03 Å². The number of ether oxygens (including phenoxy) is 2. The van der Waals surface area contributed by atoms with Crippen molar-refractivity contribution < 1.29 is 14.3 Å². The molecule has 0 aliphatic carbocycles. The molecule has 1 atom stereocenters. The molecule has 26 heavy (non-hydrogen) atoms. The van der Waals surface area contributed by atoms with Crippen LogP contribution in [0.15, 0.2) is 30.5 Å². The minimum Gasteiger partial charge on any atom is -0.381 e. The van der Waals surface area contributed by atoms with Gasteiger partial charge in [-0.15, -0.1) is 11.3 Å². The fourth-order valence-electron chi connectivity index (χ4n) is 3.58. The van der Waals surface area contributed by atoms with Crippen LogP contribution in [0.4, 0.5) is 15.6 Å². The molecule has 1 N–H and O–H groups in total. The lowest BCUT2D eigenvalue weighted by Crippen LogP contribution is -2.45. The average Bonchev–Trinajstić information content (AvgIpc) is 3.16. The first-order valence-corrected chi connectivity index (χ1v) is 9.79. The number of nitrogens with zero attached hydrogens (tertiary/aromatic N) is 2. The molecule has 0 saturated carbocycles. The lowest BCUT2D eigenvalue weighted by atomic mass is 9.99. The van der Waals surface area contributed by atoms with Crippen LogP contribution < -0.4 is 10.2 Å². The van der Waals surface area contributed by atoms with Crippen molar-refractivity contribution in [2.24, 2.45) is 0 Å². The number of hydrogen-bond donors (Lipinski definition) is 1. The Morgan fingerprint density at radius 3 is 2.96 bits per heavy atom. The number of anilines is 2. The molecule has 2 amide bonds. The van der Waals surface area contributed by atoms with Crippen molar-refractivity contribution in [3.8, 4) is 0 Å². The van der Waals surface area contributed by atoms with Gasteiger partial charge in [-0.05, 0) is 30.4 Å². The standard InChI is InChI=1S/C19H23N3O3S/c1-24-15-10-14-4-2-3-5-16(14)22(12-15)19(23)21-18-20-11-17(26-18)13-6-8-25-9-7-13/h2-5,11,13,15H,6-10,12H2,1H3,(H,20,21,23). The molecule has 1 aromatic carbocycles. The van der Waals surface area contributed by atoms with Gasteiger partial charge in [0, 0.05) is 43.5 Å². The first kappa shape index (κ1) is 17.5. The Balaban J connectivity index is 1.48. The van der Waals surface area contributed by atoms with Crippen molar-refractivity contribution in [1.82, 2.24) is 4.98 Å². The molecule has 3 heterocycles. The van der Waals surface area contributed by atoms with Crippen LogP contribution in [0.2, 0.25) is 0 Å². The molecule has 4 rings (SSSR count). The topological polar surface area (TPSA) is 63.7 Å². The summed E-state index contributed by atoms with van der Waals surface area (Å²) < 4.78 is 10.9. The third-order valence-corrected chi connectivity index (χ3v) is 6.13. The summed E-state index contributed by atoms with van der Waals surface area (Å²) in [4.78, 5) is 20.3. The molecule has 7 heteroatoms. The quantitative estimate of drug-likeness (QED) is 0.892. The van der Waals surface area contributed by atoms with Crippen molar-refractivity contribution in [1.29, 1.82) is 0 Å². The number of benzene rings is 1. The number of amides is 2. The molecule has 0 spiro atoms.